The summed E-state index contributed by atoms with van der Waals surface area (Å²) in [5.41, 5.74) is 3.59. The number of nitrogens with one attached hydrogen (secondary N) is 1. The van der Waals surface area contributed by atoms with E-state index in [4.69, 9.17) is 0 Å². The summed E-state index contributed by atoms with van der Waals surface area (Å²) in [6.07, 6.45) is 4.79. The van der Waals surface area contributed by atoms with E-state index in [1.807, 2.05) is 28.0 Å². The summed E-state index contributed by atoms with van der Waals surface area (Å²) in [4.78, 5) is 28.5. The second-order valence-corrected chi connectivity index (χ2v) is 8.47. The van der Waals surface area contributed by atoms with Gasteiger partial charge in [0.05, 0.1) is 0 Å². The Hall–Kier alpha value is -2.82. The Labute approximate surface area is 179 Å². The highest BCUT2D eigenvalue weighted by Gasteiger charge is 2.24. The third-order valence-corrected chi connectivity index (χ3v) is 6.35. The van der Waals surface area contributed by atoms with Gasteiger partial charge < -0.3 is 15.1 Å². The molecule has 0 bridgehead atoms. The van der Waals surface area contributed by atoms with Crippen molar-refractivity contribution in [3.8, 4) is 0 Å². The zero-order valence-electron chi connectivity index (χ0n) is 17.6. The van der Waals surface area contributed by atoms with Gasteiger partial charge in [-0.15, -0.1) is 0 Å². The Bertz CT molecular complexity index is 860. The van der Waals surface area contributed by atoms with Crippen molar-refractivity contribution in [3.63, 3.8) is 0 Å². The van der Waals surface area contributed by atoms with Crippen LogP contribution in [0, 0.1) is 5.92 Å². The summed E-state index contributed by atoms with van der Waals surface area (Å²) in [6, 6.07) is 18.7. The van der Waals surface area contributed by atoms with Crippen LogP contribution in [-0.4, -0.2) is 41.4 Å². The minimum absolute atomic E-state index is 0.0141. The van der Waals surface area contributed by atoms with Crippen molar-refractivity contribution in [1.29, 1.82) is 0 Å². The first-order valence-corrected chi connectivity index (χ1v) is 11.1. The third kappa shape index (κ3) is 5.21. The number of carbonyl (C=O) groups is 2. The van der Waals surface area contributed by atoms with E-state index >= 15 is 0 Å². The standard InChI is InChI=1S/C25H31N3O2/c29-24-11-6-14-28(24)19-23-10-5-4-9-22(23)18-26-25(30)27-15-12-21(13-16-27)17-20-7-2-1-3-8-20/h1-5,7-10,21H,6,11-19H2,(H,26,30). The molecule has 2 aliphatic heterocycles. The molecule has 2 heterocycles. The van der Waals surface area contributed by atoms with Crippen LogP contribution >= 0.6 is 0 Å². The largest absolute Gasteiger partial charge is 0.338 e. The fraction of sp³-hybridized carbons (Fsp3) is 0.440. The molecule has 2 saturated heterocycles. The first-order chi connectivity index (χ1) is 14.7. The maximum atomic E-state index is 12.7. The Morgan fingerprint density at radius 1 is 0.933 bits per heavy atom. The molecule has 30 heavy (non-hydrogen) atoms. The Kier molecular flexibility index (Phi) is 6.67. The van der Waals surface area contributed by atoms with E-state index in [0.29, 0.717) is 25.4 Å². The lowest BCUT2D eigenvalue weighted by Gasteiger charge is -2.32. The number of urea groups is 1. The molecule has 0 saturated carbocycles. The van der Waals surface area contributed by atoms with E-state index in [0.717, 1.165) is 56.4 Å². The Morgan fingerprint density at radius 3 is 2.33 bits per heavy atom. The summed E-state index contributed by atoms with van der Waals surface area (Å²) in [5, 5.41) is 3.09. The van der Waals surface area contributed by atoms with Gasteiger partial charge in [0.2, 0.25) is 5.91 Å². The van der Waals surface area contributed by atoms with E-state index in [9.17, 15) is 9.59 Å². The normalized spacial score (nSPS) is 17.4. The number of carbonyl (C=O) groups excluding carboxylic acids is 2. The number of amides is 3. The van der Waals surface area contributed by atoms with Crippen LogP contribution in [0.15, 0.2) is 54.6 Å². The summed E-state index contributed by atoms with van der Waals surface area (Å²) in [7, 11) is 0. The van der Waals surface area contributed by atoms with Crippen molar-refractivity contribution in [3.05, 3.63) is 71.3 Å². The monoisotopic (exact) mass is 405 g/mol. The van der Waals surface area contributed by atoms with Crippen molar-refractivity contribution in [2.45, 2.75) is 45.2 Å². The SMILES string of the molecule is O=C1CCCN1Cc1ccccc1CNC(=O)N1CCC(Cc2ccccc2)CC1. The molecule has 2 fully saturated rings. The molecule has 3 amide bonds. The van der Waals surface area contributed by atoms with Gasteiger partial charge in [-0.25, -0.2) is 4.79 Å². The van der Waals surface area contributed by atoms with E-state index in [1.165, 1.54) is 5.56 Å². The molecule has 2 aromatic rings. The summed E-state index contributed by atoms with van der Waals surface area (Å²) in [6.45, 7) is 3.59. The predicted molar refractivity (Wildman–Crippen MR) is 118 cm³/mol. The highest BCUT2D eigenvalue weighted by molar-refractivity contribution is 5.78. The van der Waals surface area contributed by atoms with Crippen LogP contribution in [0.5, 0.6) is 0 Å². The Morgan fingerprint density at radius 2 is 1.63 bits per heavy atom. The fourth-order valence-electron chi connectivity index (χ4n) is 4.53. The van der Waals surface area contributed by atoms with Crippen molar-refractivity contribution in [2.24, 2.45) is 5.92 Å². The predicted octanol–water partition coefficient (Wildman–Crippen LogP) is 3.97. The summed E-state index contributed by atoms with van der Waals surface area (Å²) in [5.74, 6) is 0.877. The molecule has 0 radical (unpaired) electrons. The highest BCUT2D eigenvalue weighted by Crippen LogP contribution is 2.22. The van der Waals surface area contributed by atoms with Gasteiger partial charge in [0, 0.05) is 39.1 Å². The molecule has 2 aliphatic rings. The van der Waals surface area contributed by atoms with Crippen LogP contribution in [0.1, 0.15) is 42.4 Å². The van der Waals surface area contributed by atoms with Gasteiger partial charge in [-0.3, -0.25) is 4.79 Å². The third-order valence-electron chi connectivity index (χ3n) is 6.35. The maximum Gasteiger partial charge on any atom is 0.317 e. The Balaban J connectivity index is 1.26. The summed E-state index contributed by atoms with van der Waals surface area (Å²) < 4.78 is 0. The number of hydrogen-bond acceptors (Lipinski definition) is 2. The molecule has 0 aromatic heterocycles. The molecule has 0 spiro atoms. The van der Waals surface area contributed by atoms with Gasteiger partial charge in [0.1, 0.15) is 0 Å². The van der Waals surface area contributed by atoms with E-state index in [-0.39, 0.29) is 11.9 Å². The molecular formula is C25H31N3O2. The summed E-state index contributed by atoms with van der Waals surface area (Å²) >= 11 is 0. The first-order valence-electron chi connectivity index (χ1n) is 11.1. The number of likely N-dealkylation sites (tertiary alicyclic amines) is 2. The molecule has 5 heteroatoms. The molecular weight excluding hydrogens is 374 g/mol. The highest BCUT2D eigenvalue weighted by atomic mass is 16.2. The van der Waals surface area contributed by atoms with Gasteiger partial charge in [-0.1, -0.05) is 54.6 Å². The zero-order chi connectivity index (χ0) is 20.8. The second-order valence-electron chi connectivity index (χ2n) is 8.47. The van der Waals surface area contributed by atoms with Gasteiger partial charge in [-0.05, 0) is 48.3 Å². The molecule has 4 rings (SSSR count). The number of hydrogen-bond donors (Lipinski definition) is 1. The maximum absolute atomic E-state index is 12.7. The van der Waals surface area contributed by atoms with E-state index in [2.05, 4.69) is 41.7 Å². The van der Waals surface area contributed by atoms with Crippen LogP contribution in [-0.2, 0) is 24.3 Å². The van der Waals surface area contributed by atoms with Crippen LogP contribution in [0.3, 0.4) is 0 Å². The van der Waals surface area contributed by atoms with E-state index < -0.39 is 0 Å². The molecule has 158 valence electrons. The second kappa shape index (κ2) is 9.79. The fourth-order valence-corrected chi connectivity index (χ4v) is 4.53. The number of piperidine rings is 1. The minimum atomic E-state index is 0.0141. The first kappa shape index (κ1) is 20.5. The van der Waals surface area contributed by atoms with Crippen molar-refractivity contribution >= 4 is 11.9 Å². The van der Waals surface area contributed by atoms with Crippen LogP contribution in [0.2, 0.25) is 0 Å². The van der Waals surface area contributed by atoms with Crippen molar-refractivity contribution < 1.29 is 9.59 Å². The molecule has 5 nitrogen and oxygen atoms in total. The van der Waals surface area contributed by atoms with E-state index in [1.54, 1.807) is 0 Å². The van der Waals surface area contributed by atoms with Crippen LogP contribution in [0.25, 0.3) is 0 Å². The lowest BCUT2D eigenvalue weighted by Crippen LogP contribution is -2.44. The van der Waals surface area contributed by atoms with Crippen LogP contribution in [0.4, 0.5) is 4.79 Å². The molecule has 0 atom stereocenters. The van der Waals surface area contributed by atoms with Gasteiger partial charge in [0.25, 0.3) is 0 Å². The molecule has 1 N–H and O–H groups in total. The topological polar surface area (TPSA) is 52.7 Å². The number of benzene rings is 2. The smallest absolute Gasteiger partial charge is 0.317 e. The van der Waals surface area contributed by atoms with Gasteiger partial charge in [-0.2, -0.15) is 0 Å². The number of rotatable bonds is 6. The van der Waals surface area contributed by atoms with Crippen LogP contribution < -0.4 is 5.32 Å². The average molecular weight is 406 g/mol. The zero-order valence-corrected chi connectivity index (χ0v) is 17.6. The lowest BCUT2D eigenvalue weighted by atomic mass is 9.90. The molecule has 0 aliphatic carbocycles. The average Bonchev–Trinajstić information content (AvgIpc) is 3.18. The van der Waals surface area contributed by atoms with Gasteiger partial charge >= 0.3 is 6.03 Å². The number of nitrogens with zero attached hydrogens (tertiary/aromatic N) is 2. The lowest BCUT2D eigenvalue weighted by molar-refractivity contribution is -0.128. The minimum Gasteiger partial charge on any atom is -0.338 e. The van der Waals surface area contributed by atoms with Gasteiger partial charge in [0.15, 0.2) is 0 Å². The van der Waals surface area contributed by atoms with Crippen molar-refractivity contribution in [1.82, 2.24) is 15.1 Å². The molecule has 2 aromatic carbocycles. The molecule has 0 unspecified atom stereocenters. The van der Waals surface area contributed by atoms with Crippen molar-refractivity contribution in [2.75, 3.05) is 19.6 Å². The quantitative estimate of drug-likeness (QED) is 0.791.